The molecular formula is C12H20N2O3. The van der Waals surface area contributed by atoms with E-state index in [-0.39, 0.29) is 18.0 Å². The highest BCUT2D eigenvalue weighted by Crippen LogP contribution is 2.33. The molecule has 0 saturated heterocycles. The van der Waals surface area contributed by atoms with Crippen LogP contribution in [0.5, 0.6) is 0 Å². The van der Waals surface area contributed by atoms with Crippen LogP contribution in [-0.4, -0.2) is 29.2 Å². The highest BCUT2D eigenvalue weighted by atomic mass is 16.4. The van der Waals surface area contributed by atoms with Gasteiger partial charge in [-0.3, -0.25) is 4.79 Å². The van der Waals surface area contributed by atoms with E-state index < -0.39 is 5.97 Å². The zero-order chi connectivity index (χ0) is 12.4. The molecule has 96 valence electrons. The molecule has 3 N–H and O–H groups in total. The summed E-state index contributed by atoms with van der Waals surface area (Å²) in [6, 6.07) is 0.216. The van der Waals surface area contributed by atoms with E-state index in [9.17, 15) is 9.59 Å². The number of carbonyl (C=O) groups is 2. The number of hydrogen-bond acceptors (Lipinski definition) is 2. The zero-order valence-electron chi connectivity index (χ0n) is 10.1. The van der Waals surface area contributed by atoms with Crippen molar-refractivity contribution in [3.05, 3.63) is 0 Å². The topological polar surface area (TPSA) is 78.4 Å². The van der Waals surface area contributed by atoms with Crippen molar-refractivity contribution < 1.29 is 14.7 Å². The summed E-state index contributed by atoms with van der Waals surface area (Å²) in [6.45, 7) is 2.12. The number of carboxylic acid groups (broad SMARTS) is 1. The standard InChI is InChI=1S/C12H20N2O3/c1-2-7-6-10(7)14-12(17)13-9-4-3-8(5-9)11(15)16/h7-10H,2-6H2,1H3,(H,15,16)(H2,13,14,17). The molecule has 2 aliphatic carbocycles. The molecule has 0 radical (unpaired) electrons. The molecule has 2 aliphatic rings. The lowest BCUT2D eigenvalue weighted by atomic mass is 10.1. The third-order valence-corrected chi connectivity index (χ3v) is 3.88. The Kier molecular flexibility index (Phi) is 3.54. The van der Waals surface area contributed by atoms with Crippen molar-refractivity contribution >= 4 is 12.0 Å². The van der Waals surface area contributed by atoms with Crippen molar-refractivity contribution in [3.8, 4) is 0 Å². The maximum Gasteiger partial charge on any atom is 0.315 e. The number of hydrogen-bond donors (Lipinski definition) is 3. The van der Waals surface area contributed by atoms with Gasteiger partial charge in [0.1, 0.15) is 0 Å². The van der Waals surface area contributed by atoms with Crippen LogP contribution in [0.15, 0.2) is 0 Å². The summed E-state index contributed by atoms with van der Waals surface area (Å²) in [7, 11) is 0. The number of amides is 2. The number of urea groups is 1. The maximum atomic E-state index is 11.6. The Morgan fingerprint density at radius 1 is 1.24 bits per heavy atom. The molecule has 2 fully saturated rings. The fraction of sp³-hybridized carbons (Fsp3) is 0.833. The van der Waals surface area contributed by atoms with Gasteiger partial charge < -0.3 is 15.7 Å². The Bertz CT molecular complexity index is 319. The number of nitrogens with one attached hydrogen (secondary N) is 2. The predicted octanol–water partition coefficient (Wildman–Crippen LogP) is 1.34. The van der Waals surface area contributed by atoms with Crippen molar-refractivity contribution in [3.63, 3.8) is 0 Å². The second kappa shape index (κ2) is 4.94. The summed E-state index contributed by atoms with van der Waals surface area (Å²) in [5.74, 6) is -0.399. The van der Waals surface area contributed by atoms with Crippen LogP contribution in [0.25, 0.3) is 0 Å². The van der Waals surface area contributed by atoms with E-state index in [1.54, 1.807) is 0 Å². The summed E-state index contributed by atoms with van der Waals surface area (Å²) < 4.78 is 0. The van der Waals surface area contributed by atoms with Crippen molar-refractivity contribution in [2.24, 2.45) is 11.8 Å². The molecule has 2 saturated carbocycles. The number of carboxylic acids is 1. The molecule has 5 heteroatoms. The van der Waals surface area contributed by atoms with Gasteiger partial charge in [0, 0.05) is 12.1 Å². The molecule has 2 amide bonds. The lowest BCUT2D eigenvalue weighted by Gasteiger charge is -2.13. The van der Waals surface area contributed by atoms with Crippen LogP contribution in [0.1, 0.15) is 39.0 Å². The van der Waals surface area contributed by atoms with Crippen LogP contribution in [0.4, 0.5) is 4.79 Å². The van der Waals surface area contributed by atoms with Crippen molar-refractivity contribution in [2.45, 2.75) is 51.1 Å². The molecule has 0 aliphatic heterocycles. The van der Waals surface area contributed by atoms with E-state index in [0.29, 0.717) is 24.8 Å². The van der Waals surface area contributed by atoms with E-state index in [2.05, 4.69) is 17.6 Å². The van der Waals surface area contributed by atoms with E-state index in [1.807, 2.05) is 0 Å². The van der Waals surface area contributed by atoms with E-state index in [1.165, 1.54) is 0 Å². The molecule has 17 heavy (non-hydrogen) atoms. The SMILES string of the molecule is CCC1CC1NC(=O)NC1CCC(C(=O)O)C1. The van der Waals surface area contributed by atoms with Gasteiger partial charge in [0.25, 0.3) is 0 Å². The molecular weight excluding hydrogens is 220 g/mol. The van der Waals surface area contributed by atoms with Crippen molar-refractivity contribution in [1.29, 1.82) is 0 Å². The monoisotopic (exact) mass is 240 g/mol. The first-order valence-electron chi connectivity index (χ1n) is 6.40. The summed E-state index contributed by atoms with van der Waals surface area (Å²) in [5.41, 5.74) is 0. The van der Waals surface area contributed by atoms with Gasteiger partial charge in [-0.2, -0.15) is 0 Å². The Labute approximate surface area is 101 Å². The second-order valence-corrected chi connectivity index (χ2v) is 5.17. The first kappa shape index (κ1) is 12.2. The first-order valence-corrected chi connectivity index (χ1v) is 6.40. The fourth-order valence-electron chi connectivity index (χ4n) is 2.61. The second-order valence-electron chi connectivity index (χ2n) is 5.17. The van der Waals surface area contributed by atoms with Crippen LogP contribution >= 0.6 is 0 Å². The molecule has 0 spiro atoms. The predicted molar refractivity (Wildman–Crippen MR) is 62.6 cm³/mol. The lowest BCUT2D eigenvalue weighted by Crippen LogP contribution is -2.42. The molecule has 0 heterocycles. The molecule has 4 unspecified atom stereocenters. The van der Waals surface area contributed by atoms with Gasteiger partial charge in [0.05, 0.1) is 5.92 Å². The molecule has 0 aromatic rings. The van der Waals surface area contributed by atoms with Gasteiger partial charge in [-0.25, -0.2) is 4.79 Å². The van der Waals surface area contributed by atoms with E-state index >= 15 is 0 Å². The Morgan fingerprint density at radius 2 is 2.00 bits per heavy atom. The lowest BCUT2D eigenvalue weighted by molar-refractivity contribution is -0.141. The summed E-state index contributed by atoms with van der Waals surface area (Å²) in [4.78, 5) is 22.4. The van der Waals surface area contributed by atoms with Gasteiger partial charge in [-0.05, 0) is 31.6 Å². The minimum absolute atomic E-state index is 0.0231. The van der Waals surface area contributed by atoms with E-state index in [0.717, 1.165) is 19.3 Å². The normalized spacial score (nSPS) is 35.4. The number of rotatable bonds is 4. The zero-order valence-corrected chi connectivity index (χ0v) is 10.1. The van der Waals surface area contributed by atoms with Crippen molar-refractivity contribution in [2.75, 3.05) is 0 Å². The molecule has 0 aromatic carbocycles. The minimum Gasteiger partial charge on any atom is -0.481 e. The maximum absolute atomic E-state index is 11.6. The largest absolute Gasteiger partial charge is 0.481 e. The summed E-state index contributed by atoms with van der Waals surface area (Å²) in [6.07, 6.45) is 4.18. The van der Waals surface area contributed by atoms with E-state index in [4.69, 9.17) is 5.11 Å². The van der Waals surface area contributed by atoms with Crippen LogP contribution in [0, 0.1) is 11.8 Å². The summed E-state index contributed by atoms with van der Waals surface area (Å²) in [5, 5.41) is 14.7. The van der Waals surface area contributed by atoms with Crippen LogP contribution < -0.4 is 10.6 Å². The molecule has 2 rings (SSSR count). The highest BCUT2D eigenvalue weighted by Gasteiger charge is 2.37. The third kappa shape index (κ3) is 3.11. The molecule has 0 aromatic heterocycles. The van der Waals surface area contributed by atoms with Crippen molar-refractivity contribution in [1.82, 2.24) is 10.6 Å². The number of carbonyl (C=O) groups excluding carboxylic acids is 1. The van der Waals surface area contributed by atoms with Gasteiger partial charge in [-0.15, -0.1) is 0 Å². The number of aliphatic carboxylic acids is 1. The van der Waals surface area contributed by atoms with Crippen LogP contribution in [0.2, 0.25) is 0 Å². The highest BCUT2D eigenvalue weighted by molar-refractivity contribution is 5.75. The first-order chi connectivity index (χ1) is 8.10. The van der Waals surface area contributed by atoms with Crippen LogP contribution in [-0.2, 0) is 4.79 Å². The summed E-state index contributed by atoms with van der Waals surface area (Å²) >= 11 is 0. The van der Waals surface area contributed by atoms with Crippen LogP contribution in [0.3, 0.4) is 0 Å². The average Bonchev–Trinajstić information content (AvgIpc) is 2.83. The quantitative estimate of drug-likeness (QED) is 0.693. The fourth-order valence-corrected chi connectivity index (χ4v) is 2.61. The van der Waals surface area contributed by atoms with Gasteiger partial charge >= 0.3 is 12.0 Å². The molecule has 4 atom stereocenters. The minimum atomic E-state index is -0.747. The Hall–Kier alpha value is -1.26. The third-order valence-electron chi connectivity index (χ3n) is 3.88. The molecule has 0 bridgehead atoms. The molecule has 5 nitrogen and oxygen atoms in total. The van der Waals surface area contributed by atoms with Gasteiger partial charge in [-0.1, -0.05) is 13.3 Å². The smallest absolute Gasteiger partial charge is 0.315 e. The van der Waals surface area contributed by atoms with Gasteiger partial charge in [0.15, 0.2) is 0 Å². The Morgan fingerprint density at radius 3 is 2.53 bits per heavy atom. The Balaban J connectivity index is 1.68. The average molecular weight is 240 g/mol. The van der Waals surface area contributed by atoms with Gasteiger partial charge in [0.2, 0.25) is 0 Å².